The maximum Gasteiger partial charge on any atom is 0.212 e. The van der Waals surface area contributed by atoms with Crippen molar-refractivity contribution in [3.63, 3.8) is 0 Å². The maximum absolute atomic E-state index is 4.70. The van der Waals surface area contributed by atoms with Gasteiger partial charge in [-0.1, -0.05) is 22.7 Å². The number of nitrogens with zero attached hydrogens (tertiary/aromatic N) is 2. The molecule has 3 nitrogen and oxygen atoms in total. The van der Waals surface area contributed by atoms with E-state index in [1.165, 1.54) is 31.7 Å². The monoisotopic (exact) mass is 339 g/mol. The molecule has 0 aliphatic heterocycles. The fourth-order valence-electron chi connectivity index (χ4n) is 2.57. The summed E-state index contributed by atoms with van der Waals surface area (Å²) in [5.41, 5.74) is 7.35. The van der Waals surface area contributed by atoms with Gasteiger partial charge in [0.2, 0.25) is 5.13 Å². The van der Waals surface area contributed by atoms with Crippen LogP contribution in [0.5, 0.6) is 0 Å². The van der Waals surface area contributed by atoms with Gasteiger partial charge in [0.05, 0.1) is 20.4 Å². The summed E-state index contributed by atoms with van der Waals surface area (Å²) in [6, 6.07) is 8.74. The molecule has 2 aromatic heterocycles. The Kier molecular flexibility index (Phi) is 3.36. The summed E-state index contributed by atoms with van der Waals surface area (Å²) in [4.78, 5) is 13.7. The van der Waals surface area contributed by atoms with Gasteiger partial charge in [-0.15, -0.1) is 0 Å². The second kappa shape index (κ2) is 5.28. The van der Waals surface area contributed by atoms with E-state index in [9.17, 15) is 0 Å². The van der Waals surface area contributed by atoms with Crippen molar-refractivity contribution in [3.8, 4) is 0 Å². The maximum atomic E-state index is 4.70. The zero-order chi connectivity index (χ0) is 16.1. The van der Waals surface area contributed by atoms with Gasteiger partial charge < -0.3 is 4.98 Å². The Bertz CT molecular complexity index is 1030. The van der Waals surface area contributed by atoms with Crippen molar-refractivity contribution < 1.29 is 0 Å². The van der Waals surface area contributed by atoms with Gasteiger partial charge in [-0.3, -0.25) is 0 Å². The van der Waals surface area contributed by atoms with Gasteiger partial charge in [-0.25, -0.2) is 4.98 Å². The Hall–Kier alpha value is -1.98. The number of H-pyrrole nitrogens is 1. The SMILES string of the molecule is Cc1cc2nc(N=c3[nH]c4cc(C)c(C)cc4s3)sc2cc1C. The number of aryl methyl sites for hydroxylation is 4. The molecule has 0 fully saturated rings. The van der Waals surface area contributed by atoms with Crippen LogP contribution in [0.4, 0.5) is 5.13 Å². The van der Waals surface area contributed by atoms with Crippen LogP contribution in [0.2, 0.25) is 0 Å². The molecule has 4 aromatic rings. The van der Waals surface area contributed by atoms with E-state index in [0.29, 0.717) is 0 Å². The van der Waals surface area contributed by atoms with Gasteiger partial charge in [-0.05, 0) is 74.2 Å². The van der Waals surface area contributed by atoms with Crippen molar-refractivity contribution in [2.75, 3.05) is 0 Å². The molecule has 23 heavy (non-hydrogen) atoms. The second-order valence-corrected chi connectivity index (χ2v) is 8.02. The van der Waals surface area contributed by atoms with Crippen LogP contribution in [-0.4, -0.2) is 9.97 Å². The summed E-state index contributed by atoms with van der Waals surface area (Å²) in [6.07, 6.45) is 0. The average Bonchev–Trinajstić information content (AvgIpc) is 3.03. The lowest BCUT2D eigenvalue weighted by Gasteiger charge is -1.97. The van der Waals surface area contributed by atoms with E-state index in [-0.39, 0.29) is 0 Å². The first-order valence-corrected chi connectivity index (χ1v) is 9.15. The molecule has 4 rings (SSSR count). The molecule has 5 heteroatoms. The Morgan fingerprint density at radius 2 is 1.48 bits per heavy atom. The number of rotatable bonds is 1. The van der Waals surface area contributed by atoms with Crippen LogP contribution in [0.1, 0.15) is 22.3 Å². The van der Waals surface area contributed by atoms with E-state index >= 15 is 0 Å². The van der Waals surface area contributed by atoms with Crippen molar-refractivity contribution >= 4 is 48.2 Å². The fraction of sp³-hybridized carbons (Fsp3) is 0.222. The fourth-order valence-corrected chi connectivity index (χ4v) is 4.51. The predicted octanol–water partition coefficient (Wildman–Crippen LogP) is 5.31. The zero-order valence-electron chi connectivity index (χ0n) is 13.5. The van der Waals surface area contributed by atoms with E-state index in [1.54, 1.807) is 22.7 Å². The average molecular weight is 339 g/mol. The van der Waals surface area contributed by atoms with Gasteiger partial charge in [-0.2, -0.15) is 4.99 Å². The molecule has 1 N–H and O–H groups in total. The Morgan fingerprint density at radius 3 is 2.26 bits per heavy atom. The molecule has 0 saturated carbocycles. The third kappa shape index (κ3) is 2.60. The van der Waals surface area contributed by atoms with E-state index in [1.807, 2.05) is 0 Å². The third-order valence-electron chi connectivity index (χ3n) is 4.23. The molecule has 0 aliphatic carbocycles. The number of aromatic amines is 1. The molecule has 0 bridgehead atoms. The molecule has 0 amide bonds. The minimum Gasteiger partial charge on any atom is -0.330 e. The number of thiazole rings is 2. The molecule has 0 unspecified atom stereocenters. The number of aromatic nitrogens is 2. The number of nitrogens with one attached hydrogen (secondary N) is 1. The normalized spacial score (nSPS) is 12.6. The summed E-state index contributed by atoms with van der Waals surface area (Å²) in [7, 11) is 0. The summed E-state index contributed by atoms with van der Waals surface area (Å²) >= 11 is 3.32. The highest BCUT2D eigenvalue weighted by atomic mass is 32.1. The second-order valence-electron chi connectivity index (χ2n) is 5.98. The van der Waals surface area contributed by atoms with Crippen molar-refractivity contribution in [1.82, 2.24) is 9.97 Å². The molecular formula is C18H17N3S2. The molecule has 2 aromatic carbocycles. The van der Waals surface area contributed by atoms with Gasteiger partial charge in [0.25, 0.3) is 0 Å². The molecule has 2 heterocycles. The first kappa shape index (κ1) is 14.6. The van der Waals surface area contributed by atoms with Crippen LogP contribution >= 0.6 is 22.7 Å². The van der Waals surface area contributed by atoms with Gasteiger partial charge in [0.1, 0.15) is 0 Å². The van der Waals surface area contributed by atoms with Crippen LogP contribution in [-0.2, 0) is 0 Å². The number of hydrogen-bond acceptors (Lipinski definition) is 4. The van der Waals surface area contributed by atoms with Crippen molar-refractivity contribution in [2.45, 2.75) is 27.7 Å². The van der Waals surface area contributed by atoms with E-state index in [4.69, 9.17) is 4.99 Å². The Balaban J connectivity index is 1.86. The molecule has 116 valence electrons. The topological polar surface area (TPSA) is 41.0 Å². The summed E-state index contributed by atoms with van der Waals surface area (Å²) in [6.45, 7) is 8.53. The highest BCUT2D eigenvalue weighted by molar-refractivity contribution is 7.22. The molecular weight excluding hydrogens is 322 g/mol. The van der Waals surface area contributed by atoms with Crippen LogP contribution < -0.4 is 4.80 Å². The predicted molar refractivity (Wildman–Crippen MR) is 100.0 cm³/mol. The zero-order valence-corrected chi connectivity index (χ0v) is 15.2. The van der Waals surface area contributed by atoms with Crippen LogP contribution in [0.15, 0.2) is 29.3 Å². The molecule has 0 saturated heterocycles. The van der Waals surface area contributed by atoms with Gasteiger partial charge in [0.15, 0.2) is 4.80 Å². The first-order valence-electron chi connectivity index (χ1n) is 7.52. The van der Waals surface area contributed by atoms with Crippen molar-refractivity contribution in [1.29, 1.82) is 0 Å². The molecule has 0 atom stereocenters. The molecule has 0 spiro atoms. The highest BCUT2D eigenvalue weighted by Crippen LogP contribution is 2.30. The summed E-state index contributed by atoms with van der Waals surface area (Å²) in [5, 5.41) is 0.807. The number of benzene rings is 2. The third-order valence-corrected chi connectivity index (χ3v) is 6.09. The molecule has 0 aliphatic rings. The lowest BCUT2D eigenvalue weighted by molar-refractivity contribution is 1.24. The smallest absolute Gasteiger partial charge is 0.212 e. The summed E-state index contributed by atoms with van der Waals surface area (Å²) < 4.78 is 2.43. The van der Waals surface area contributed by atoms with Crippen LogP contribution in [0, 0.1) is 27.7 Å². The minimum absolute atomic E-state index is 0.807. The van der Waals surface area contributed by atoms with Crippen molar-refractivity contribution in [3.05, 3.63) is 51.3 Å². The van der Waals surface area contributed by atoms with Gasteiger partial charge >= 0.3 is 0 Å². The number of hydrogen-bond donors (Lipinski definition) is 1. The van der Waals surface area contributed by atoms with E-state index in [0.717, 1.165) is 21.0 Å². The Labute approximate surface area is 142 Å². The highest BCUT2D eigenvalue weighted by Gasteiger charge is 2.06. The van der Waals surface area contributed by atoms with Crippen LogP contribution in [0.3, 0.4) is 0 Å². The van der Waals surface area contributed by atoms with E-state index in [2.05, 4.69) is 61.9 Å². The van der Waals surface area contributed by atoms with Crippen LogP contribution in [0.25, 0.3) is 20.4 Å². The first-order chi connectivity index (χ1) is 11.0. The Morgan fingerprint density at radius 1 is 0.826 bits per heavy atom. The quantitative estimate of drug-likeness (QED) is 0.502. The van der Waals surface area contributed by atoms with Gasteiger partial charge in [0, 0.05) is 0 Å². The van der Waals surface area contributed by atoms with E-state index < -0.39 is 0 Å². The lowest BCUT2D eigenvalue weighted by Crippen LogP contribution is -1.94. The lowest BCUT2D eigenvalue weighted by atomic mass is 10.1. The minimum atomic E-state index is 0.807. The van der Waals surface area contributed by atoms with Crippen molar-refractivity contribution in [2.24, 2.45) is 4.99 Å². The largest absolute Gasteiger partial charge is 0.330 e. The molecule has 0 radical (unpaired) electrons. The standard InChI is InChI=1S/C18H17N3S2/c1-9-5-13-15(7-11(9)3)22-17(19-13)21-18-20-14-6-10(2)12(4)8-16(14)23-18/h5-8H,1-4H3,(H,19,20,21). The number of fused-ring (bicyclic) bond motifs is 2. The summed E-state index contributed by atoms with van der Waals surface area (Å²) in [5.74, 6) is 0.